The number of hydrogen-bond donors (Lipinski definition) is 3. The Morgan fingerprint density at radius 1 is 0.833 bits per heavy atom. The lowest BCUT2D eigenvalue weighted by Gasteiger charge is -2.15. The number of carbonyl (C=O) groups is 2. The van der Waals surface area contributed by atoms with Gasteiger partial charge in [-0.05, 0) is 36.1 Å². The van der Waals surface area contributed by atoms with Crippen LogP contribution in [-0.4, -0.2) is 29.9 Å². The summed E-state index contributed by atoms with van der Waals surface area (Å²) in [6.07, 6.45) is 7.46. The average molecular weight is 493 g/mol. The van der Waals surface area contributed by atoms with Crippen LogP contribution in [0.25, 0.3) is 0 Å². The van der Waals surface area contributed by atoms with E-state index in [1.54, 1.807) is 18.2 Å². The van der Waals surface area contributed by atoms with E-state index >= 15 is 0 Å². The van der Waals surface area contributed by atoms with Crippen molar-refractivity contribution in [2.75, 3.05) is 6.54 Å². The first-order valence-electron chi connectivity index (χ1n) is 12.1. The summed E-state index contributed by atoms with van der Waals surface area (Å²) in [6, 6.07) is 25.6. The Bertz CT molecular complexity index is 961. The molecule has 1 fully saturated rings. The number of carboxylic acid groups (broad SMARTS) is 1. The number of hydrogen-bond acceptors (Lipinski definition) is 6. The molecule has 7 heteroatoms. The van der Waals surface area contributed by atoms with Gasteiger partial charge < -0.3 is 26.0 Å². The van der Waals surface area contributed by atoms with E-state index in [-0.39, 0.29) is 6.54 Å². The van der Waals surface area contributed by atoms with Gasteiger partial charge in [-0.3, -0.25) is 9.59 Å². The molecule has 0 radical (unpaired) electrons. The maximum atomic E-state index is 11.1. The monoisotopic (exact) mass is 492 g/mol. The SMILES string of the molecule is NC1CCCCC1.NCC(=O)O.O=Cc1cc(OCc2ccccc2)cc(OCc2ccccc2)c1. The molecule has 0 unspecified atom stereocenters. The standard InChI is InChI=1S/C21H18O3.C6H13N.C2H5NO2/c22-14-19-11-20(23-15-17-7-3-1-4-8-17)13-21(12-19)24-16-18-9-5-2-6-10-18;7-6-4-2-1-3-5-6;3-1-2(4)5/h1-14H,15-16H2;6H,1-5,7H2;1,3H2,(H,4,5). The molecule has 0 heterocycles. The predicted molar refractivity (Wildman–Crippen MR) is 141 cm³/mol. The smallest absolute Gasteiger partial charge is 0.317 e. The Hall–Kier alpha value is -3.68. The zero-order chi connectivity index (χ0) is 26.0. The topological polar surface area (TPSA) is 125 Å². The summed E-state index contributed by atoms with van der Waals surface area (Å²) in [7, 11) is 0. The molecule has 5 N–H and O–H groups in total. The molecule has 3 aromatic carbocycles. The summed E-state index contributed by atoms with van der Waals surface area (Å²) in [5.74, 6) is 0.267. The molecule has 36 heavy (non-hydrogen) atoms. The van der Waals surface area contributed by atoms with E-state index in [1.807, 2.05) is 60.7 Å². The molecule has 0 spiro atoms. The number of carbonyl (C=O) groups excluding carboxylic acids is 1. The van der Waals surface area contributed by atoms with Crippen LogP contribution in [0.3, 0.4) is 0 Å². The summed E-state index contributed by atoms with van der Waals surface area (Å²) >= 11 is 0. The lowest BCUT2D eigenvalue weighted by atomic mass is 9.97. The van der Waals surface area contributed by atoms with Gasteiger partial charge in [0.1, 0.15) is 31.0 Å². The van der Waals surface area contributed by atoms with Crippen molar-refractivity contribution in [2.45, 2.75) is 51.4 Å². The van der Waals surface area contributed by atoms with Crippen LogP contribution in [0.2, 0.25) is 0 Å². The molecule has 0 atom stereocenters. The van der Waals surface area contributed by atoms with Crippen LogP contribution in [0.1, 0.15) is 53.6 Å². The molecule has 192 valence electrons. The Kier molecular flexibility index (Phi) is 13.4. The van der Waals surface area contributed by atoms with Gasteiger partial charge in [-0.1, -0.05) is 79.9 Å². The van der Waals surface area contributed by atoms with Crippen LogP contribution in [0.5, 0.6) is 11.5 Å². The van der Waals surface area contributed by atoms with E-state index in [9.17, 15) is 9.59 Å². The molecule has 0 bridgehead atoms. The third kappa shape index (κ3) is 12.1. The zero-order valence-corrected chi connectivity index (χ0v) is 20.6. The fraction of sp³-hybridized carbons (Fsp3) is 0.310. The second kappa shape index (κ2) is 16.9. The summed E-state index contributed by atoms with van der Waals surface area (Å²) in [4.78, 5) is 20.4. The minimum absolute atomic E-state index is 0.278. The Balaban J connectivity index is 0.000000313. The number of aliphatic carboxylic acids is 1. The van der Waals surface area contributed by atoms with Gasteiger partial charge in [0.25, 0.3) is 0 Å². The van der Waals surface area contributed by atoms with Crippen molar-refractivity contribution in [2.24, 2.45) is 11.5 Å². The molecular weight excluding hydrogens is 456 g/mol. The molecule has 0 amide bonds. The minimum Gasteiger partial charge on any atom is -0.489 e. The third-order valence-corrected chi connectivity index (χ3v) is 5.36. The molecule has 1 saturated carbocycles. The van der Waals surface area contributed by atoms with E-state index in [2.05, 4.69) is 5.73 Å². The summed E-state index contributed by atoms with van der Waals surface area (Å²) in [5.41, 5.74) is 12.9. The maximum absolute atomic E-state index is 11.1. The van der Waals surface area contributed by atoms with Gasteiger partial charge in [-0.2, -0.15) is 0 Å². The number of nitrogens with two attached hydrogens (primary N) is 2. The van der Waals surface area contributed by atoms with Crippen molar-refractivity contribution in [3.8, 4) is 11.5 Å². The molecule has 7 nitrogen and oxygen atoms in total. The van der Waals surface area contributed by atoms with Gasteiger partial charge in [0.2, 0.25) is 0 Å². The van der Waals surface area contributed by atoms with E-state index < -0.39 is 5.97 Å². The fourth-order valence-electron chi connectivity index (χ4n) is 3.44. The fourth-order valence-corrected chi connectivity index (χ4v) is 3.44. The zero-order valence-electron chi connectivity index (χ0n) is 20.6. The molecule has 3 aromatic rings. The highest BCUT2D eigenvalue weighted by Gasteiger charge is 2.06. The van der Waals surface area contributed by atoms with Crippen molar-refractivity contribution < 1.29 is 24.2 Å². The maximum Gasteiger partial charge on any atom is 0.317 e. The number of rotatable bonds is 8. The van der Waals surface area contributed by atoms with Crippen LogP contribution in [-0.2, 0) is 18.0 Å². The summed E-state index contributed by atoms with van der Waals surface area (Å²) in [5, 5.41) is 7.60. The first kappa shape index (κ1) is 28.6. The van der Waals surface area contributed by atoms with Crippen molar-refractivity contribution >= 4 is 12.3 Å². The van der Waals surface area contributed by atoms with Crippen LogP contribution in [0.15, 0.2) is 78.9 Å². The first-order valence-corrected chi connectivity index (χ1v) is 12.1. The van der Waals surface area contributed by atoms with Crippen LogP contribution in [0.4, 0.5) is 0 Å². The van der Waals surface area contributed by atoms with E-state index in [0.717, 1.165) is 17.4 Å². The van der Waals surface area contributed by atoms with Gasteiger partial charge in [0.15, 0.2) is 0 Å². The number of carboxylic acids is 1. The predicted octanol–water partition coefficient (Wildman–Crippen LogP) is 4.96. The van der Waals surface area contributed by atoms with Gasteiger partial charge in [0, 0.05) is 17.7 Å². The molecule has 1 aliphatic carbocycles. The van der Waals surface area contributed by atoms with E-state index in [1.165, 1.54) is 32.1 Å². The van der Waals surface area contributed by atoms with Crippen molar-refractivity contribution in [3.63, 3.8) is 0 Å². The van der Waals surface area contributed by atoms with Gasteiger partial charge in [-0.25, -0.2) is 0 Å². The minimum atomic E-state index is -0.968. The number of aldehydes is 1. The van der Waals surface area contributed by atoms with Crippen LogP contribution >= 0.6 is 0 Å². The molecule has 0 aliphatic heterocycles. The average Bonchev–Trinajstić information content (AvgIpc) is 2.93. The lowest BCUT2D eigenvalue weighted by molar-refractivity contribution is -0.135. The molecule has 4 rings (SSSR count). The highest BCUT2D eigenvalue weighted by molar-refractivity contribution is 5.76. The van der Waals surface area contributed by atoms with Crippen LogP contribution in [0, 0.1) is 0 Å². The van der Waals surface area contributed by atoms with Crippen molar-refractivity contribution in [1.29, 1.82) is 0 Å². The number of benzene rings is 3. The molecular formula is C29H36N2O5. The highest BCUT2D eigenvalue weighted by atomic mass is 16.5. The highest BCUT2D eigenvalue weighted by Crippen LogP contribution is 2.24. The number of ether oxygens (including phenoxy) is 2. The Labute approximate surface area is 213 Å². The van der Waals surface area contributed by atoms with Gasteiger partial charge in [0.05, 0.1) is 6.54 Å². The Morgan fingerprint density at radius 3 is 1.61 bits per heavy atom. The quantitative estimate of drug-likeness (QED) is 0.379. The second-order valence-electron chi connectivity index (χ2n) is 8.40. The summed E-state index contributed by atoms with van der Waals surface area (Å²) in [6.45, 7) is 0.614. The van der Waals surface area contributed by atoms with Crippen molar-refractivity contribution in [3.05, 3.63) is 95.6 Å². The van der Waals surface area contributed by atoms with Crippen LogP contribution < -0.4 is 20.9 Å². The van der Waals surface area contributed by atoms with Gasteiger partial charge in [-0.15, -0.1) is 0 Å². The Morgan fingerprint density at radius 2 is 1.28 bits per heavy atom. The second-order valence-corrected chi connectivity index (χ2v) is 8.40. The van der Waals surface area contributed by atoms with E-state index in [4.69, 9.17) is 20.3 Å². The van der Waals surface area contributed by atoms with Gasteiger partial charge >= 0.3 is 5.97 Å². The normalized spacial score (nSPS) is 12.7. The van der Waals surface area contributed by atoms with E-state index in [0.29, 0.717) is 36.3 Å². The largest absolute Gasteiger partial charge is 0.489 e. The lowest BCUT2D eigenvalue weighted by Crippen LogP contribution is -2.22. The molecule has 0 aromatic heterocycles. The summed E-state index contributed by atoms with van der Waals surface area (Å²) < 4.78 is 11.6. The van der Waals surface area contributed by atoms with Crippen molar-refractivity contribution in [1.82, 2.24) is 0 Å². The molecule has 0 saturated heterocycles. The molecule has 1 aliphatic rings. The third-order valence-electron chi connectivity index (χ3n) is 5.36. The first-order chi connectivity index (χ1) is 17.5.